The summed E-state index contributed by atoms with van der Waals surface area (Å²) in [5.74, 6) is -2.85. The van der Waals surface area contributed by atoms with E-state index in [-0.39, 0.29) is 28.0 Å². The Morgan fingerprint density at radius 1 is 0.920 bits per heavy atom. The van der Waals surface area contributed by atoms with Crippen LogP contribution in [-0.2, 0) is 0 Å². The molecule has 0 unspecified atom stereocenters. The van der Waals surface area contributed by atoms with Crippen molar-refractivity contribution in [1.82, 2.24) is 0 Å². The topological polar surface area (TPSA) is 74.6 Å². The monoisotopic (exact) mass is 544 g/mol. The quantitative estimate of drug-likeness (QED) is 0.392. The molecule has 0 amide bonds. The van der Waals surface area contributed by atoms with Crippen molar-refractivity contribution in [2.45, 2.75) is 6.92 Å². The van der Waals surface area contributed by atoms with Crippen LogP contribution in [0.3, 0.4) is 0 Å². The molecule has 0 aliphatic carbocycles. The van der Waals surface area contributed by atoms with E-state index < -0.39 is 23.1 Å². The van der Waals surface area contributed by atoms with Crippen LogP contribution in [0.5, 0.6) is 11.5 Å². The summed E-state index contributed by atoms with van der Waals surface area (Å²) < 4.78 is 25.2. The van der Waals surface area contributed by atoms with Crippen molar-refractivity contribution in [2.75, 3.05) is 5.33 Å². The van der Waals surface area contributed by atoms with E-state index in [0.29, 0.717) is 0 Å². The number of carbonyl (C=O) groups is 2. The van der Waals surface area contributed by atoms with Crippen LogP contribution in [0.2, 0.25) is 0 Å². The number of rotatable bonds is 3. The van der Waals surface area contributed by atoms with Gasteiger partial charge < -0.3 is 10.2 Å². The number of phenolic OH excluding ortho intramolecular Hbond substituents is 2. The molecule has 0 heterocycles. The minimum atomic E-state index is -0.776. The van der Waals surface area contributed by atoms with Gasteiger partial charge in [-0.1, -0.05) is 15.9 Å². The molecule has 2 N–H and O–H groups in total. The Bertz CT molecular complexity index is 739. The molecule has 0 aromatic heterocycles. The SMILES string of the molecule is BrBr.CC(=O)c1ccc(O)c(F)c1.O=C(CBr)c1ccc(O)c(F)c1. The Morgan fingerprint density at radius 3 is 1.68 bits per heavy atom. The number of alkyl halides is 1. The lowest BCUT2D eigenvalue weighted by molar-refractivity contribution is 0.101. The molecule has 0 atom stereocenters. The third-order valence-electron chi connectivity index (χ3n) is 2.75. The molecule has 0 radical (unpaired) electrons. The number of hydrogen-bond donors (Lipinski definition) is 2. The number of phenols is 2. The predicted octanol–water partition coefficient (Wildman–Crippen LogP) is 5.53. The van der Waals surface area contributed by atoms with Gasteiger partial charge in [0.1, 0.15) is 0 Å². The van der Waals surface area contributed by atoms with Crippen molar-refractivity contribution in [3.8, 4) is 11.5 Å². The molecule has 0 saturated carbocycles. The van der Waals surface area contributed by atoms with Gasteiger partial charge in [0, 0.05) is 39.4 Å². The fourth-order valence-corrected chi connectivity index (χ4v) is 1.81. The summed E-state index contributed by atoms with van der Waals surface area (Å²) in [7, 11) is 0. The van der Waals surface area contributed by atoms with Crippen LogP contribution in [0.1, 0.15) is 27.6 Å². The van der Waals surface area contributed by atoms with Crippen molar-refractivity contribution >= 4 is 55.8 Å². The molecule has 2 aromatic carbocycles. The van der Waals surface area contributed by atoms with Crippen LogP contribution >= 0.6 is 44.2 Å². The standard InChI is InChI=1S/C8H6BrFO2.C8H7FO2.Br2/c9-4-8(12)5-1-2-7(11)6(10)3-5;1-5(10)6-2-3-8(11)7(9)4-6;1-2/h1-3,11H,4H2;2-4,11H,1H3;. The number of benzene rings is 2. The molecule has 136 valence electrons. The summed E-state index contributed by atoms with van der Waals surface area (Å²) in [4.78, 5) is 21.6. The average molecular weight is 547 g/mol. The van der Waals surface area contributed by atoms with Gasteiger partial charge in [-0.3, -0.25) is 9.59 Å². The van der Waals surface area contributed by atoms with Crippen LogP contribution in [-0.4, -0.2) is 27.1 Å². The van der Waals surface area contributed by atoms with Gasteiger partial charge in [-0.2, -0.15) is 0 Å². The van der Waals surface area contributed by atoms with E-state index >= 15 is 0 Å². The largest absolute Gasteiger partial charge is 0.505 e. The molecule has 0 aliphatic rings. The van der Waals surface area contributed by atoms with Gasteiger partial charge in [-0.15, -0.1) is 0 Å². The van der Waals surface area contributed by atoms with Gasteiger partial charge in [0.25, 0.3) is 0 Å². The van der Waals surface area contributed by atoms with Crippen molar-refractivity contribution in [3.63, 3.8) is 0 Å². The van der Waals surface area contributed by atoms with Gasteiger partial charge in [0.15, 0.2) is 34.7 Å². The summed E-state index contributed by atoms with van der Waals surface area (Å²) in [5, 5.41) is 17.7. The lowest BCUT2D eigenvalue weighted by Gasteiger charge is -1.98. The summed E-state index contributed by atoms with van der Waals surface area (Å²) in [6.07, 6.45) is 0. The van der Waals surface area contributed by atoms with E-state index in [4.69, 9.17) is 10.2 Å². The second kappa shape index (κ2) is 12.1. The molecule has 4 nitrogen and oxygen atoms in total. The highest BCUT2D eigenvalue weighted by Gasteiger charge is 2.07. The van der Waals surface area contributed by atoms with Crippen LogP contribution < -0.4 is 0 Å². The molecular formula is C16H13Br3F2O4. The number of aromatic hydroxyl groups is 2. The minimum absolute atomic E-state index is 0.150. The van der Waals surface area contributed by atoms with Crippen molar-refractivity contribution in [3.05, 3.63) is 59.2 Å². The third-order valence-corrected chi connectivity index (χ3v) is 3.25. The Labute approximate surface area is 166 Å². The first-order valence-corrected chi connectivity index (χ1v) is 11.3. The molecule has 2 aromatic rings. The van der Waals surface area contributed by atoms with E-state index in [0.717, 1.165) is 24.3 Å². The van der Waals surface area contributed by atoms with Gasteiger partial charge in [-0.25, -0.2) is 8.78 Å². The molecular weight excluding hydrogens is 534 g/mol. The van der Waals surface area contributed by atoms with Crippen molar-refractivity contribution in [1.29, 1.82) is 0 Å². The molecule has 0 fully saturated rings. The summed E-state index contributed by atoms with van der Waals surface area (Å²) in [5.41, 5.74) is 0.516. The maximum atomic E-state index is 12.7. The Hall–Kier alpha value is -1.32. The van der Waals surface area contributed by atoms with Gasteiger partial charge in [0.05, 0.1) is 5.33 Å². The number of Topliss-reactive ketones (excluding diaryl/α,β-unsaturated/α-hetero) is 2. The second-order valence-corrected chi connectivity index (χ2v) is 5.01. The highest BCUT2D eigenvalue weighted by molar-refractivity contribution is 9.93. The van der Waals surface area contributed by atoms with Crippen molar-refractivity contribution in [2.24, 2.45) is 0 Å². The highest BCUT2D eigenvalue weighted by atomic mass is 80.9. The predicted molar refractivity (Wildman–Crippen MR) is 102 cm³/mol. The molecule has 0 saturated heterocycles. The van der Waals surface area contributed by atoms with Gasteiger partial charge in [0.2, 0.25) is 0 Å². The molecule has 0 aliphatic heterocycles. The molecule has 25 heavy (non-hydrogen) atoms. The van der Waals surface area contributed by atoms with E-state index in [1.807, 2.05) is 0 Å². The lowest BCUT2D eigenvalue weighted by atomic mass is 10.1. The fourth-order valence-electron chi connectivity index (χ4n) is 1.48. The van der Waals surface area contributed by atoms with Crippen LogP contribution in [0.25, 0.3) is 0 Å². The molecule has 2 rings (SSSR count). The highest BCUT2D eigenvalue weighted by Crippen LogP contribution is 2.17. The Morgan fingerprint density at radius 2 is 1.32 bits per heavy atom. The van der Waals surface area contributed by atoms with Crippen LogP contribution in [0.4, 0.5) is 8.78 Å². The Balaban J connectivity index is 0.000000421. The first kappa shape index (κ1) is 23.7. The summed E-state index contributed by atoms with van der Waals surface area (Å²) in [6.45, 7) is 1.34. The van der Waals surface area contributed by atoms with Crippen LogP contribution in [0.15, 0.2) is 36.4 Å². The fraction of sp³-hybridized carbons (Fsp3) is 0.125. The smallest absolute Gasteiger partial charge is 0.173 e. The zero-order chi connectivity index (χ0) is 19.6. The number of carbonyl (C=O) groups excluding carboxylic acids is 2. The minimum Gasteiger partial charge on any atom is -0.505 e. The van der Waals surface area contributed by atoms with Gasteiger partial charge >= 0.3 is 0 Å². The molecule has 0 bridgehead atoms. The summed E-state index contributed by atoms with van der Waals surface area (Å²) >= 11 is 8.46. The first-order chi connectivity index (χ1) is 11.8. The van der Waals surface area contributed by atoms with E-state index in [9.17, 15) is 18.4 Å². The Kier molecular flexibility index (Phi) is 11.5. The third kappa shape index (κ3) is 8.06. The van der Waals surface area contributed by atoms with E-state index in [1.54, 1.807) is 0 Å². The maximum absolute atomic E-state index is 12.7. The van der Waals surface area contributed by atoms with E-state index in [2.05, 4.69) is 44.2 Å². The zero-order valence-electron chi connectivity index (χ0n) is 12.8. The lowest BCUT2D eigenvalue weighted by Crippen LogP contribution is -1.99. The number of ketones is 2. The van der Waals surface area contributed by atoms with Crippen LogP contribution in [0, 0.1) is 11.6 Å². The number of halogens is 5. The summed E-state index contributed by atoms with van der Waals surface area (Å²) in [6, 6.07) is 7.09. The maximum Gasteiger partial charge on any atom is 0.173 e. The molecule has 0 spiro atoms. The average Bonchev–Trinajstić information content (AvgIpc) is 2.61. The van der Waals surface area contributed by atoms with Crippen molar-refractivity contribution < 1.29 is 28.6 Å². The van der Waals surface area contributed by atoms with E-state index in [1.165, 1.54) is 19.1 Å². The second-order valence-electron chi connectivity index (χ2n) is 4.45. The normalized spacial score (nSPS) is 9.20. The zero-order valence-corrected chi connectivity index (χ0v) is 17.5. The molecule has 9 heteroatoms. The first-order valence-electron chi connectivity index (χ1n) is 6.47. The van der Waals surface area contributed by atoms with Gasteiger partial charge in [-0.05, 0) is 43.3 Å². The number of hydrogen-bond acceptors (Lipinski definition) is 4.